The summed E-state index contributed by atoms with van der Waals surface area (Å²) < 4.78 is 13.5. The van der Waals surface area contributed by atoms with Gasteiger partial charge in [0.1, 0.15) is 0 Å². The summed E-state index contributed by atoms with van der Waals surface area (Å²) in [5.41, 5.74) is 0. The van der Waals surface area contributed by atoms with E-state index in [9.17, 15) is 4.21 Å². The van der Waals surface area contributed by atoms with Gasteiger partial charge in [-0.15, -0.1) is 0 Å². The Hall–Kier alpha value is 0.363. The van der Waals surface area contributed by atoms with E-state index >= 15 is 0 Å². The molecule has 0 aliphatic rings. The molecule has 0 spiro atoms. The zero-order chi connectivity index (χ0) is 5.91. The van der Waals surface area contributed by atoms with Crippen LogP contribution >= 0.6 is 0 Å². The van der Waals surface area contributed by atoms with Gasteiger partial charge in [0.05, 0.1) is 0 Å². The molecule has 0 N–H and O–H groups in total. The topological polar surface area (TPSA) is 29.4 Å². The molecular formula is C3H9GeNOS. The Balaban J connectivity index is 3.80. The molecule has 0 bridgehead atoms. The van der Waals surface area contributed by atoms with Gasteiger partial charge >= 0.3 is 49.7 Å². The van der Waals surface area contributed by atoms with Crippen LogP contribution in [0.1, 0.15) is 0 Å². The predicted octanol–water partition coefficient (Wildman–Crippen LogP) is 1.22. The van der Waals surface area contributed by atoms with Crippen LogP contribution in [0.2, 0.25) is 17.3 Å². The van der Waals surface area contributed by atoms with E-state index in [1.54, 1.807) is 0 Å². The molecule has 4 heteroatoms. The Kier molecular flexibility index (Phi) is 2.75. The standard InChI is InChI=1S/C3H9GeNOS/c1-4(2,3)5-7-6/h1-3H3. The van der Waals surface area contributed by atoms with Crippen molar-refractivity contribution >= 4 is 25.0 Å². The first kappa shape index (κ1) is 7.36. The fourth-order valence-electron chi connectivity index (χ4n) is 0.112. The second-order valence-corrected chi connectivity index (χ2v) is 12.9. The number of rotatable bonds is 1. The average molecular weight is 180 g/mol. The van der Waals surface area contributed by atoms with Crippen molar-refractivity contribution in [2.75, 3.05) is 0 Å². The molecular weight excluding hydrogens is 171 g/mol. The third-order valence-corrected chi connectivity index (χ3v) is 4.85. The summed E-state index contributed by atoms with van der Waals surface area (Å²) in [7, 11) is 0. The summed E-state index contributed by atoms with van der Waals surface area (Å²) in [5.74, 6) is 6.22. The normalized spacial score (nSPS) is 10.7. The van der Waals surface area contributed by atoms with E-state index < -0.39 is 13.5 Å². The summed E-state index contributed by atoms with van der Waals surface area (Å²) in [6.07, 6.45) is 0. The van der Waals surface area contributed by atoms with Crippen LogP contribution in [-0.2, 0) is 11.5 Å². The second-order valence-electron chi connectivity index (χ2n) is 2.34. The van der Waals surface area contributed by atoms with Crippen LogP contribution in [0.3, 0.4) is 0 Å². The van der Waals surface area contributed by atoms with Crippen LogP contribution in [0.5, 0.6) is 0 Å². The van der Waals surface area contributed by atoms with Crippen LogP contribution in [-0.4, -0.2) is 17.7 Å². The molecule has 0 radical (unpaired) electrons. The summed E-state index contributed by atoms with van der Waals surface area (Å²) in [6.45, 7) is 0. The van der Waals surface area contributed by atoms with Gasteiger partial charge in [-0.05, 0) is 0 Å². The second kappa shape index (κ2) is 2.62. The van der Waals surface area contributed by atoms with Crippen molar-refractivity contribution in [2.24, 2.45) is 3.32 Å². The van der Waals surface area contributed by atoms with Crippen LogP contribution < -0.4 is 0 Å². The first-order valence-corrected chi connectivity index (χ1v) is 10.0. The fraction of sp³-hybridized carbons (Fsp3) is 1.00. The molecule has 0 atom stereocenters. The maximum absolute atomic E-state index is 9.74. The molecule has 0 fully saturated rings. The van der Waals surface area contributed by atoms with Crippen molar-refractivity contribution in [3.05, 3.63) is 0 Å². The van der Waals surface area contributed by atoms with Crippen molar-refractivity contribution in [1.29, 1.82) is 0 Å². The average Bonchev–Trinajstić information content (AvgIpc) is 1.30. The first-order chi connectivity index (χ1) is 3.06. The molecule has 0 heterocycles. The molecule has 0 aromatic rings. The molecule has 0 unspecified atom stereocenters. The molecule has 7 heavy (non-hydrogen) atoms. The SMILES string of the molecule is [CH3][Ge]([CH3])([CH3])[N]=S=O. The van der Waals surface area contributed by atoms with Gasteiger partial charge in [0, 0.05) is 0 Å². The van der Waals surface area contributed by atoms with Crippen molar-refractivity contribution in [1.82, 2.24) is 0 Å². The zero-order valence-electron chi connectivity index (χ0n) is 4.76. The summed E-state index contributed by atoms with van der Waals surface area (Å²) in [4.78, 5) is 0. The third-order valence-electron chi connectivity index (χ3n) is 0.311. The minimum atomic E-state index is -1.80. The van der Waals surface area contributed by atoms with E-state index in [0.717, 1.165) is 0 Å². The van der Waals surface area contributed by atoms with Crippen LogP contribution in [0.4, 0.5) is 0 Å². The summed E-state index contributed by atoms with van der Waals surface area (Å²) in [5, 5.41) is 0. The number of hydrogen-bond acceptors (Lipinski definition) is 2. The van der Waals surface area contributed by atoms with Gasteiger partial charge in [0.25, 0.3) is 0 Å². The Bertz CT molecular complexity index is 102. The van der Waals surface area contributed by atoms with Gasteiger partial charge in [-0.25, -0.2) is 0 Å². The van der Waals surface area contributed by atoms with Crippen molar-refractivity contribution in [3.8, 4) is 0 Å². The Morgan fingerprint density at radius 1 is 1.43 bits per heavy atom. The van der Waals surface area contributed by atoms with Crippen molar-refractivity contribution in [2.45, 2.75) is 17.3 Å². The van der Waals surface area contributed by atoms with Gasteiger partial charge in [-0.3, -0.25) is 0 Å². The molecule has 0 amide bonds. The van der Waals surface area contributed by atoms with Crippen molar-refractivity contribution in [3.63, 3.8) is 0 Å². The Morgan fingerprint density at radius 2 is 1.86 bits per heavy atom. The predicted molar refractivity (Wildman–Crippen MR) is 33.9 cm³/mol. The van der Waals surface area contributed by atoms with Crippen LogP contribution in [0.25, 0.3) is 0 Å². The summed E-state index contributed by atoms with van der Waals surface area (Å²) in [6, 6.07) is 0. The molecule has 0 saturated heterocycles. The van der Waals surface area contributed by atoms with Crippen LogP contribution in [0.15, 0.2) is 3.32 Å². The van der Waals surface area contributed by atoms with Gasteiger partial charge in [0.2, 0.25) is 0 Å². The molecule has 0 aliphatic heterocycles. The molecule has 2 nitrogen and oxygen atoms in total. The molecule has 0 aromatic carbocycles. The van der Waals surface area contributed by atoms with E-state index in [0.29, 0.717) is 11.5 Å². The van der Waals surface area contributed by atoms with E-state index in [-0.39, 0.29) is 0 Å². The molecule has 42 valence electrons. The maximum atomic E-state index is 9.74. The number of nitrogens with zero attached hydrogens (tertiary/aromatic N) is 1. The van der Waals surface area contributed by atoms with Gasteiger partial charge < -0.3 is 0 Å². The Labute approximate surface area is 50.1 Å². The zero-order valence-corrected chi connectivity index (χ0v) is 7.68. The van der Waals surface area contributed by atoms with Crippen molar-refractivity contribution < 1.29 is 4.21 Å². The molecule has 0 aromatic heterocycles. The first-order valence-electron chi connectivity index (χ1n) is 2.07. The minimum absolute atomic E-state index is 0.367. The summed E-state index contributed by atoms with van der Waals surface area (Å²) >= 11 is -1.44. The molecule has 0 aliphatic carbocycles. The van der Waals surface area contributed by atoms with Gasteiger partial charge in [0.15, 0.2) is 0 Å². The van der Waals surface area contributed by atoms with E-state index in [1.165, 1.54) is 0 Å². The number of hydrogen-bond donors (Lipinski definition) is 0. The van der Waals surface area contributed by atoms with Gasteiger partial charge in [-0.2, -0.15) is 0 Å². The fourth-order valence-corrected chi connectivity index (χ4v) is 1.74. The third kappa shape index (κ3) is 6.36. The van der Waals surface area contributed by atoms with Gasteiger partial charge in [-0.1, -0.05) is 0 Å². The quantitative estimate of drug-likeness (QED) is 0.557. The van der Waals surface area contributed by atoms with E-state index in [4.69, 9.17) is 0 Å². The van der Waals surface area contributed by atoms with E-state index in [2.05, 4.69) is 20.6 Å². The molecule has 0 saturated carbocycles. The Morgan fingerprint density at radius 3 is 1.86 bits per heavy atom. The van der Waals surface area contributed by atoms with E-state index in [1.807, 2.05) is 0 Å². The van der Waals surface area contributed by atoms with Crippen LogP contribution in [0, 0.1) is 0 Å². The monoisotopic (exact) mass is 181 g/mol. The molecule has 0 rings (SSSR count).